The molecule has 0 aliphatic heterocycles. The molecule has 0 atom stereocenters. The van der Waals surface area contributed by atoms with Crippen LogP contribution in [0.15, 0.2) is 97.1 Å². The van der Waals surface area contributed by atoms with Gasteiger partial charge in [-0.2, -0.15) is 0 Å². The highest BCUT2D eigenvalue weighted by atomic mass is 19.1. The molecule has 0 saturated heterocycles. The zero-order chi connectivity index (χ0) is 48.7. The molecule has 0 radical (unpaired) electrons. The van der Waals surface area contributed by atoms with E-state index in [-0.39, 0.29) is 45.8 Å². The van der Waals surface area contributed by atoms with Crippen LogP contribution in [-0.4, -0.2) is 125 Å². The SMILES string of the molecule is NCCCCNCC(=O)N(CC(=O)N(CC(=O)N(CCCCN)CC(=O)N(CC(=O)N(CC(N)=O)Cc1cccc(F)c1)Cc1cccc(F)c1)Cc1cccc(F)c1)Cc1cccc(F)c1. The van der Waals surface area contributed by atoms with Crippen molar-refractivity contribution in [3.63, 3.8) is 0 Å². The van der Waals surface area contributed by atoms with Crippen LogP contribution in [0, 0.1) is 23.3 Å². The fourth-order valence-corrected chi connectivity index (χ4v) is 7.03. The summed E-state index contributed by atoms with van der Waals surface area (Å²) < 4.78 is 57.2. The van der Waals surface area contributed by atoms with Crippen molar-refractivity contribution in [3.05, 3.63) is 143 Å². The average molecular weight is 934 g/mol. The molecule has 15 nitrogen and oxygen atoms in total. The molecule has 0 aliphatic carbocycles. The number of amides is 6. The molecule has 6 amide bonds. The van der Waals surface area contributed by atoms with Crippen LogP contribution in [0.3, 0.4) is 0 Å². The van der Waals surface area contributed by atoms with Gasteiger partial charge in [0.05, 0.1) is 19.6 Å². The minimum Gasteiger partial charge on any atom is -0.368 e. The number of hydrogen-bond acceptors (Lipinski definition) is 9. The molecule has 0 aromatic heterocycles. The second-order valence-electron chi connectivity index (χ2n) is 16.0. The molecule has 67 heavy (non-hydrogen) atoms. The summed E-state index contributed by atoms with van der Waals surface area (Å²) in [5, 5.41) is 3.03. The molecule has 0 aliphatic rings. The van der Waals surface area contributed by atoms with Gasteiger partial charge < -0.3 is 47.0 Å². The Morgan fingerprint density at radius 2 is 0.761 bits per heavy atom. The summed E-state index contributed by atoms with van der Waals surface area (Å²) in [7, 11) is 0. The first-order valence-corrected chi connectivity index (χ1v) is 21.9. The number of rotatable bonds is 28. The lowest BCUT2D eigenvalue weighted by Gasteiger charge is -2.32. The maximum absolute atomic E-state index is 14.5. The number of halogens is 4. The van der Waals surface area contributed by atoms with Gasteiger partial charge in [0.2, 0.25) is 35.4 Å². The quantitative estimate of drug-likeness (QED) is 0.0487. The molecule has 19 heteroatoms. The highest BCUT2D eigenvalue weighted by Crippen LogP contribution is 2.15. The van der Waals surface area contributed by atoms with E-state index in [9.17, 15) is 46.3 Å². The number of primary amides is 1. The molecular weight excluding hydrogens is 875 g/mol. The molecule has 360 valence electrons. The van der Waals surface area contributed by atoms with E-state index in [4.69, 9.17) is 17.2 Å². The Hall–Kier alpha value is -6.70. The maximum atomic E-state index is 14.5. The highest BCUT2D eigenvalue weighted by Gasteiger charge is 2.29. The van der Waals surface area contributed by atoms with Gasteiger partial charge in [-0.3, -0.25) is 28.8 Å². The first kappa shape index (κ1) is 52.9. The van der Waals surface area contributed by atoms with Gasteiger partial charge in [-0.05, 0) is 116 Å². The number of nitrogens with two attached hydrogens (primary N) is 3. The van der Waals surface area contributed by atoms with Crippen molar-refractivity contribution in [2.24, 2.45) is 17.2 Å². The Morgan fingerprint density at radius 1 is 0.433 bits per heavy atom. The molecular formula is C48H59F4N9O6. The van der Waals surface area contributed by atoms with E-state index in [1.807, 2.05) is 0 Å². The number of unbranched alkanes of at least 4 members (excludes halogenated alkanes) is 2. The minimum atomic E-state index is -0.877. The number of benzene rings is 4. The highest BCUT2D eigenvalue weighted by molar-refractivity contribution is 5.92. The number of carbonyl (C=O) groups is 6. The fraction of sp³-hybridized carbons (Fsp3) is 0.375. The van der Waals surface area contributed by atoms with E-state index in [1.54, 1.807) is 12.1 Å². The maximum Gasteiger partial charge on any atom is 0.242 e. The van der Waals surface area contributed by atoms with Crippen LogP contribution in [0.2, 0.25) is 0 Å². The normalized spacial score (nSPS) is 10.9. The lowest BCUT2D eigenvalue weighted by atomic mass is 10.1. The summed E-state index contributed by atoms with van der Waals surface area (Å²) in [5.41, 5.74) is 18.2. The molecule has 0 spiro atoms. The summed E-state index contributed by atoms with van der Waals surface area (Å²) in [6, 6.07) is 21.6. The van der Waals surface area contributed by atoms with Crippen molar-refractivity contribution in [3.8, 4) is 0 Å². The van der Waals surface area contributed by atoms with Crippen LogP contribution in [-0.2, 0) is 54.9 Å². The summed E-state index contributed by atoms with van der Waals surface area (Å²) in [6.07, 6.45) is 2.18. The van der Waals surface area contributed by atoms with E-state index in [0.29, 0.717) is 54.6 Å². The van der Waals surface area contributed by atoms with Gasteiger partial charge >= 0.3 is 0 Å². The second-order valence-corrected chi connectivity index (χ2v) is 16.0. The van der Waals surface area contributed by atoms with Crippen LogP contribution in [0.5, 0.6) is 0 Å². The topological polar surface area (TPSA) is 209 Å². The van der Waals surface area contributed by atoms with Crippen molar-refractivity contribution in [2.75, 3.05) is 65.4 Å². The van der Waals surface area contributed by atoms with Gasteiger partial charge in [0.25, 0.3) is 0 Å². The monoisotopic (exact) mass is 933 g/mol. The molecule has 4 aromatic rings. The molecule has 7 N–H and O–H groups in total. The standard InChI is InChI=1S/C48H59F4N9O6/c49-39-13-5-9-35(21-39)26-58(30-43(55)62)47(66)34-61(29-38-12-8-16-42(52)24-38)46(65)31-57(20-4-2-18-54)45(64)32-60(28-37-11-7-15-41(51)23-37)48(67)33-59(27-36-10-6-14-40(50)22-36)44(63)25-56-19-3-1-17-53/h5-16,21-24,56H,1-4,17-20,25-34,53-54H2,(H2,55,62). The van der Waals surface area contributed by atoms with Crippen molar-refractivity contribution >= 4 is 35.4 Å². The van der Waals surface area contributed by atoms with Crippen LogP contribution in [0.1, 0.15) is 47.9 Å². The first-order valence-electron chi connectivity index (χ1n) is 21.9. The molecule has 0 heterocycles. The number of nitrogens with one attached hydrogen (secondary N) is 1. The Bertz CT molecular complexity index is 2290. The summed E-state index contributed by atoms with van der Waals surface area (Å²) in [4.78, 5) is 88.4. The largest absolute Gasteiger partial charge is 0.368 e. The minimum absolute atomic E-state index is 0.0289. The third-order valence-corrected chi connectivity index (χ3v) is 10.4. The smallest absolute Gasteiger partial charge is 0.242 e. The third kappa shape index (κ3) is 19.0. The van der Waals surface area contributed by atoms with Crippen molar-refractivity contribution in [1.82, 2.24) is 29.8 Å². The molecule has 4 rings (SSSR count). The summed E-state index contributed by atoms with van der Waals surface area (Å²) in [6.45, 7) is -3.07. The van der Waals surface area contributed by atoms with Crippen LogP contribution >= 0.6 is 0 Å². The molecule has 0 bridgehead atoms. The van der Waals surface area contributed by atoms with Gasteiger partial charge in [0.1, 0.15) is 42.9 Å². The first-order chi connectivity index (χ1) is 32.1. The molecule has 0 saturated carbocycles. The number of carbonyl (C=O) groups excluding carboxylic acids is 6. The van der Waals surface area contributed by atoms with Gasteiger partial charge in [-0.1, -0.05) is 48.5 Å². The second kappa shape index (κ2) is 27.7. The van der Waals surface area contributed by atoms with E-state index in [1.165, 1.54) is 94.7 Å². The van der Waals surface area contributed by atoms with Crippen molar-refractivity contribution in [2.45, 2.75) is 51.9 Å². The average Bonchev–Trinajstić information content (AvgIpc) is 3.27. The van der Waals surface area contributed by atoms with E-state index >= 15 is 0 Å². The lowest BCUT2D eigenvalue weighted by molar-refractivity contribution is -0.148. The van der Waals surface area contributed by atoms with Gasteiger partial charge in [-0.25, -0.2) is 17.6 Å². The Morgan fingerprint density at radius 3 is 1.12 bits per heavy atom. The Labute approximate surface area is 387 Å². The molecule has 4 aromatic carbocycles. The van der Waals surface area contributed by atoms with E-state index in [0.717, 1.165) is 21.1 Å². The van der Waals surface area contributed by atoms with E-state index < -0.39 is 91.4 Å². The number of hydrogen-bond donors (Lipinski definition) is 4. The van der Waals surface area contributed by atoms with E-state index in [2.05, 4.69) is 5.32 Å². The summed E-state index contributed by atoms with van der Waals surface area (Å²) >= 11 is 0. The van der Waals surface area contributed by atoms with Crippen LogP contribution in [0.25, 0.3) is 0 Å². The van der Waals surface area contributed by atoms with Gasteiger partial charge in [0.15, 0.2) is 0 Å². The third-order valence-electron chi connectivity index (χ3n) is 10.4. The van der Waals surface area contributed by atoms with Crippen LogP contribution < -0.4 is 22.5 Å². The Balaban J connectivity index is 1.64. The molecule has 0 unspecified atom stereocenters. The van der Waals surface area contributed by atoms with Crippen LogP contribution in [0.4, 0.5) is 17.6 Å². The van der Waals surface area contributed by atoms with Gasteiger partial charge in [-0.15, -0.1) is 0 Å². The Kier molecular flexibility index (Phi) is 21.9. The number of nitrogens with zero attached hydrogens (tertiary/aromatic N) is 5. The van der Waals surface area contributed by atoms with Gasteiger partial charge in [0, 0.05) is 32.7 Å². The predicted molar refractivity (Wildman–Crippen MR) is 242 cm³/mol. The zero-order valence-electron chi connectivity index (χ0n) is 37.4. The predicted octanol–water partition coefficient (Wildman–Crippen LogP) is 3.04. The molecule has 0 fully saturated rings. The van der Waals surface area contributed by atoms with Crippen molar-refractivity contribution < 1.29 is 46.3 Å². The summed E-state index contributed by atoms with van der Waals surface area (Å²) in [5.74, 6) is -6.69. The lowest BCUT2D eigenvalue weighted by Crippen LogP contribution is -2.51. The van der Waals surface area contributed by atoms with Crippen molar-refractivity contribution in [1.29, 1.82) is 0 Å². The zero-order valence-corrected chi connectivity index (χ0v) is 37.4. The fourth-order valence-electron chi connectivity index (χ4n) is 7.03.